The van der Waals surface area contributed by atoms with Gasteiger partial charge in [0.05, 0.1) is 0 Å². The molecular weight excluding hydrogens is 150 g/mol. The van der Waals surface area contributed by atoms with Gasteiger partial charge in [0.1, 0.15) is 5.75 Å². The summed E-state index contributed by atoms with van der Waals surface area (Å²) >= 11 is -1.01. The van der Waals surface area contributed by atoms with E-state index in [-0.39, 0.29) is 0 Å². The van der Waals surface area contributed by atoms with Crippen molar-refractivity contribution in [3.8, 4) is 0 Å². The summed E-state index contributed by atoms with van der Waals surface area (Å²) in [6.07, 6.45) is 3.40. The lowest BCUT2D eigenvalue weighted by Crippen LogP contribution is -2.39. The van der Waals surface area contributed by atoms with Crippen LogP contribution in [0.1, 0.15) is 12.8 Å². The maximum absolute atomic E-state index is 11.0. The van der Waals surface area contributed by atoms with Crippen molar-refractivity contribution in [2.24, 2.45) is 5.73 Å². The lowest BCUT2D eigenvalue weighted by atomic mass is 10.2. The Labute approximate surface area is 63.2 Å². The van der Waals surface area contributed by atoms with Crippen molar-refractivity contribution >= 4 is 17.1 Å². The van der Waals surface area contributed by atoms with Gasteiger partial charge in [0, 0.05) is 6.42 Å². The van der Waals surface area contributed by atoms with Gasteiger partial charge in [0.25, 0.3) is 5.91 Å². The van der Waals surface area contributed by atoms with Gasteiger partial charge < -0.3 is 10.3 Å². The number of nitrogens with two attached hydrogens (primary N) is 1. The minimum absolute atomic E-state index is 0.422. The van der Waals surface area contributed by atoms with Crippen LogP contribution in [0.25, 0.3) is 0 Å². The van der Waals surface area contributed by atoms with Gasteiger partial charge in [-0.05, 0) is 24.0 Å². The Bertz CT molecular complexity index is 140. The molecule has 0 saturated carbocycles. The van der Waals surface area contributed by atoms with Crippen LogP contribution < -0.4 is 5.73 Å². The summed E-state index contributed by atoms with van der Waals surface area (Å²) < 4.78 is 11.0. The van der Waals surface area contributed by atoms with Crippen molar-refractivity contribution in [3.05, 3.63) is 6.42 Å². The lowest BCUT2D eigenvalue weighted by Gasteiger charge is -2.22. The highest BCUT2D eigenvalue weighted by Crippen LogP contribution is 2.17. The van der Waals surface area contributed by atoms with Crippen LogP contribution in [0.4, 0.5) is 0 Å². The zero-order chi connectivity index (χ0) is 7.56. The second kappa shape index (κ2) is 3.25. The molecule has 1 rings (SSSR count). The normalized spacial score (nSPS) is 33.7. The molecule has 10 heavy (non-hydrogen) atoms. The molecule has 0 aromatic rings. The third-order valence-electron chi connectivity index (χ3n) is 1.54. The molecule has 3 nitrogen and oxygen atoms in total. The highest BCUT2D eigenvalue weighted by Gasteiger charge is 2.30. The number of carbonyl (C=O) groups is 1. The van der Waals surface area contributed by atoms with Crippen LogP contribution in [-0.4, -0.2) is 21.5 Å². The smallest absolute Gasteiger partial charge is 0.270 e. The number of primary amides is 1. The Morgan fingerprint density at radius 1 is 1.80 bits per heavy atom. The minimum Gasteiger partial charge on any atom is -0.616 e. The third kappa shape index (κ3) is 1.64. The van der Waals surface area contributed by atoms with E-state index in [0.717, 1.165) is 6.42 Å². The van der Waals surface area contributed by atoms with E-state index in [1.807, 2.05) is 6.42 Å². The maximum Gasteiger partial charge on any atom is 0.270 e. The third-order valence-corrected chi connectivity index (χ3v) is 3.24. The molecule has 0 aliphatic carbocycles. The van der Waals surface area contributed by atoms with E-state index in [2.05, 4.69) is 0 Å². The van der Waals surface area contributed by atoms with E-state index < -0.39 is 22.3 Å². The molecule has 1 aliphatic heterocycles. The van der Waals surface area contributed by atoms with Crippen LogP contribution in [-0.2, 0) is 16.0 Å². The first-order chi connectivity index (χ1) is 4.72. The molecule has 1 saturated heterocycles. The van der Waals surface area contributed by atoms with Crippen LogP contribution in [0.5, 0.6) is 0 Å². The number of hydrogen-bond donors (Lipinski definition) is 1. The summed E-state index contributed by atoms with van der Waals surface area (Å²) in [5, 5.41) is -0.422. The van der Waals surface area contributed by atoms with Gasteiger partial charge in [0.15, 0.2) is 5.25 Å². The van der Waals surface area contributed by atoms with E-state index in [4.69, 9.17) is 5.73 Å². The fourth-order valence-corrected chi connectivity index (χ4v) is 2.26. The molecule has 57 valence electrons. The summed E-state index contributed by atoms with van der Waals surface area (Å²) in [5.74, 6) is 0.155. The first-order valence-corrected chi connectivity index (χ1v) is 4.58. The average molecular weight is 160 g/mol. The fraction of sp³-hybridized carbons (Fsp3) is 0.667. The molecule has 2 N–H and O–H groups in total. The van der Waals surface area contributed by atoms with E-state index >= 15 is 0 Å². The summed E-state index contributed by atoms with van der Waals surface area (Å²) in [6.45, 7) is 0. The zero-order valence-corrected chi connectivity index (χ0v) is 6.39. The van der Waals surface area contributed by atoms with Crippen molar-refractivity contribution in [1.82, 2.24) is 0 Å². The maximum atomic E-state index is 11.0. The van der Waals surface area contributed by atoms with Crippen LogP contribution in [0.3, 0.4) is 0 Å². The molecule has 0 bridgehead atoms. The molecule has 0 spiro atoms. The van der Waals surface area contributed by atoms with Crippen LogP contribution in [0, 0.1) is 6.42 Å². The van der Waals surface area contributed by atoms with Gasteiger partial charge in [-0.15, -0.1) is 0 Å². The predicted octanol–water partition coefficient (Wildman–Crippen LogP) is -0.413. The Morgan fingerprint density at radius 2 is 2.50 bits per heavy atom. The van der Waals surface area contributed by atoms with Crippen LogP contribution >= 0.6 is 0 Å². The zero-order valence-electron chi connectivity index (χ0n) is 5.58. The van der Waals surface area contributed by atoms with Gasteiger partial charge >= 0.3 is 0 Å². The highest BCUT2D eigenvalue weighted by atomic mass is 32.2. The predicted molar refractivity (Wildman–Crippen MR) is 39.5 cm³/mol. The molecular formula is C6H10NO2S. The fourth-order valence-electron chi connectivity index (χ4n) is 0.964. The molecule has 2 atom stereocenters. The van der Waals surface area contributed by atoms with Crippen molar-refractivity contribution < 1.29 is 9.35 Å². The molecule has 1 radical (unpaired) electrons. The molecule has 0 aromatic heterocycles. The molecule has 1 fully saturated rings. The average Bonchev–Trinajstić information content (AvgIpc) is 1.88. The molecule has 2 unspecified atom stereocenters. The summed E-state index contributed by atoms with van der Waals surface area (Å²) in [5.41, 5.74) is 5.01. The molecule has 0 aromatic carbocycles. The molecule has 4 heteroatoms. The number of carbonyl (C=O) groups excluding carboxylic acids is 1. The Morgan fingerprint density at radius 3 is 2.90 bits per heavy atom. The standard InChI is InChI=1S/C6H10NO2S/c7-6(8)5-3-1-2-4-10(5)9/h1,5H,2-4H2,(H2,7,8). The van der Waals surface area contributed by atoms with Crippen molar-refractivity contribution in [2.75, 3.05) is 5.75 Å². The van der Waals surface area contributed by atoms with Crippen molar-refractivity contribution in [3.63, 3.8) is 0 Å². The number of hydrogen-bond acceptors (Lipinski definition) is 2. The summed E-state index contributed by atoms with van der Waals surface area (Å²) in [7, 11) is 0. The van der Waals surface area contributed by atoms with E-state index in [1.165, 1.54) is 0 Å². The van der Waals surface area contributed by atoms with E-state index in [9.17, 15) is 9.35 Å². The van der Waals surface area contributed by atoms with Gasteiger partial charge in [0.2, 0.25) is 0 Å². The largest absolute Gasteiger partial charge is 0.616 e. The summed E-state index contributed by atoms with van der Waals surface area (Å²) in [4.78, 5) is 10.6. The van der Waals surface area contributed by atoms with E-state index in [1.54, 1.807) is 0 Å². The SMILES string of the molecule is NC(=O)C1C[CH]CC[S+]1[O-]. The van der Waals surface area contributed by atoms with Gasteiger partial charge in [-0.3, -0.25) is 4.79 Å². The first-order valence-electron chi connectivity index (χ1n) is 3.20. The Kier molecular flexibility index (Phi) is 2.56. The second-order valence-electron chi connectivity index (χ2n) is 2.29. The molecule has 1 heterocycles. The topological polar surface area (TPSA) is 66.2 Å². The highest BCUT2D eigenvalue weighted by molar-refractivity contribution is 7.92. The number of amides is 1. The van der Waals surface area contributed by atoms with Crippen LogP contribution in [0.2, 0.25) is 0 Å². The summed E-state index contributed by atoms with van der Waals surface area (Å²) in [6, 6.07) is 0. The monoisotopic (exact) mass is 160 g/mol. The van der Waals surface area contributed by atoms with Crippen molar-refractivity contribution in [1.29, 1.82) is 0 Å². The van der Waals surface area contributed by atoms with E-state index in [0.29, 0.717) is 12.2 Å². The number of rotatable bonds is 1. The lowest BCUT2D eigenvalue weighted by molar-refractivity contribution is -0.117. The van der Waals surface area contributed by atoms with Crippen molar-refractivity contribution in [2.45, 2.75) is 18.1 Å². The van der Waals surface area contributed by atoms with Gasteiger partial charge in [-0.25, -0.2) is 0 Å². The quantitative estimate of drug-likeness (QED) is 0.530. The Balaban J connectivity index is 2.47. The van der Waals surface area contributed by atoms with Gasteiger partial charge in [-0.2, -0.15) is 0 Å². The second-order valence-corrected chi connectivity index (χ2v) is 4.03. The molecule has 1 aliphatic rings. The molecule has 1 amide bonds. The van der Waals surface area contributed by atoms with Gasteiger partial charge in [-0.1, -0.05) is 0 Å². The minimum atomic E-state index is -1.01. The van der Waals surface area contributed by atoms with Crippen LogP contribution in [0.15, 0.2) is 0 Å². The first kappa shape index (κ1) is 7.88. The Hall–Kier alpha value is -0.220.